The van der Waals surface area contributed by atoms with Gasteiger partial charge in [0.15, 0.2) is 11.5 Å². The van der Waals surface area contributed by atoms with Crippen LogP contribution < -0.4 is 22.1 Å². The van der Waals surface area contributed by atoms with Gasteiger partial charge in [-0.1, -0.05) is 60.2 Å². The first-order valence-corrected chi connectivity index (χ1v) is 10.1. The molecule has 0 aliphatic rings. The number of nitrogens with one attached hydrogen (secondary N) is 2. The minimum atomic E-state index is -0.491. The van der Waals surface area contributed by atoms with Crippen LogP contribution in [0.25, 0.3) is 0 Å². The van der Waals surface area contributed by atoms with Crippen molar-refractivity contribution in [3.8, 4) is 0 Å². The Morgan fingerprint density at radius 1 is 1.06 bits per heavy atom. The average Bonchev–Trinajstić information content (AvgIpc) is 2.83. The first-order valence-electron chi connectivity index (χ1n) is 10.1. The van der Waals surface area contributed by atoms with Crippen LogP contribution in [-0.2, 0) is 17.9 Å². The lowest BCUT2D eigenvalue weighted by Gasteiger charge is -2.05. The van der Waals surface area contributed by atoms with Crippen LogP contribution in [-0.4, -0.2) is 28.5 Å². The van der Waals surface area contributed by atoms with Crippen molar-refractivity contribution in [2.45, 2.75) is 20.0 Å². The van der Waals surface area contributed by atoms with Crippen molar-refractivity contribution in [3.05, 3.63) is 101 Å². The third-order valence-corrected chi connectivity index (χ3v) is 4.20. The van der Waals surface area contributed by atoms with Crippen molar-refractivity contribution < 1.29 is 9.59 Å². The molecule has 0 atom stereocenters. The Morgan fingerprint density at radius 2 is 1.79 bits per heavy atom. The number of carbonyl (C=O) groups is 2. The average molecular weight is 446 g/mol. The molecule has 3 rings (SSSR count). The van der Waals surface area contributed by atoms with E-state index in [2.05, 4.69) is 25.6 Å². The van der Waals surface area contributed by atoms with Crippen LogP contribution >= 0.6 is 0 Å². The highest BCUT2D eigenvalue weighted by atomic mass is 16.2. The SMILES string of the molecule is Cc1cccc(CN=C/C(=C\N)NC(=O)c2nccnc2N)c1.O=CNCc1ccccc1. The molecule has 0 unspecified atom stereocenters. The third-order valence-electron chi connectivity index (χ3n) is 4.20. The van der Waals surface area contributed by atoms with E-state index in [-0.39, 0.29) is 11.5 Å². The fourth-order valence-electron chi connectivity index (χ4n) is 2.65. The molecule has 1 aromatic heterocycles. The number of hydrogen-bond donors (Lipinski definition) is 4. The summed E-state index contributed by atoms with van der Waals surface area (Å²) in [5, 5.41) is 5.17. The highest BCUT2D eigenvalue weighted by Gasteiger charge is 2.12. The summed E-state index contributed by atoms with van der Waals surface area (Å²) in [4.78, 5) is 33.9. The Balaban J connectivity index is 0.000000321. The zero-order valence-electron chi connectivity index (χ0n) is 18.3. The molecule has 0 saturated carbocycles. The number of nitrogens with two attached hydrogens (primary N) is 2. The Hall–Kier alpha value is -4.53. The van der Waals surface area contributed by atoms with Crippen molar-refractivity contribution in [1.82, 2.24) is 20.6 Å². The molecule has 0 radical (unpaired) electrons. The molecule has 33 heavy (non-hydrogen) atoms. The summed E-state index contributed by atoms with van der Waals surface area (Å²) < 4.78 is 0. The number of carbonyl (C=O) groups excluding carboxylic acids is 2. The molecule has 9 nitrogen and oxygen atoms in total. The van der Waals surface area contributed by atoms with Gasteiger partial charge in [0, 0.05) is 31.4 Å². The van der Waals surface area contributed by atoms with E-state index in [1.54, 1.807) is 0 Å². The van der Waals surface area contributed by atoms with E-state index in [0.717, 1.165) is 11.1 Å². The lowest BCUT2D eigenvalue weighted by molar-refractivity contribution is -0.109. The third kappa shape index (κ3) is 9.01. The number of hydrogen-bond acceptors (Lipinski definition) is 7. The molecule has 0 saturated heterocycles. The molecule has 6 N–H and O–H groups in total. The van der Waals surface area contributed by atoms with Gasteiger partial charge in [-0.15, -0.1) is 0 Å². The number of nitrogens with zero attached hydrogens (tertiary/aromatic N) is 3. The fraction of sp³-hybridized carbons (Fsp3) is 0.125. The Kier molecular flexibility index (Phi) is 10.3. The second-order valence-electron chi connectivity index (χ2n) is 6.81. The van der Waals surface area contributed by atoms with E-state index in [1.165, 1.54) is 30.4 Å². The number of benzene rings is 2. The lowest BCUT2D eigenvalue weighted by atomic mass is 10.1. The van der Waals surface area contributed by atoms with Gasteiger partial charge in [-0.05, 0) is 18.1 Å². The van der Waals surface area contributed by atoms with Gasteiger partial charge in [0.25, 0.3) is 5.91 Å². The summed E-state index contributed by atoms with van der Waals surface area (Å²) in [6, 6.07) is 17.8. The highest BCUT2D eigenvalue weighted by Crippen LogP contribution is 2.06. The minimum absolute atomic E-state index is 0.0407. The van der Waals surface area contributed by atoms with Gasteiger partial charge in [-0.2, -0.15) is 0 Å². The number of rotatable bonds is 8. The lowest BCUT2D eigenvalue weighted by Crippen LogP contribution is -2.26. The largest absolute Gasteiger partial charge is 0.403 e. The molecule has 2 amide bonds. The van der Waals surface area contributed by atoms with E-state index in [0.29, 0.717) is 25.2 Å². The van der Waals surface area contributed by atoms with Crippen molar-refractivity contribution >= 4 is 24.3 Å². The summed E-state index contributed by atoms with van der Waals surface area (Å²) in [5.74, 6) is -0.438. The summed E-state index contributed by atoms with van der Waals surface area (Å²) in [6.45, 7) is 3.12. The molecule has 170 valence electrons. The molecule has 3 aromatic rings. The number of anilines is 1. The number of amides is 2. The molecule has 0 aliphatic heterocycles. The Bertz CT molecular complexity index is 1100. The summed E-state index contributed by atoms with van der Waals surface area (Å²) in [7, 11) is 0. The van der Waals surface area contributed by atoms with E-state index >= 15 is 0 Å². The topological polar surface area (TPSA) is 148 Å². The Morgan fingerprint density at radius 3 is 2.45 bits per heavy atom. The molecule has 0 aliphatic carbocycles. The maximum atomic E-state index is 12.1. The van der Waals surface area contributed by atoms with Gasteiger partial charge in [0.1, 0.15) is 0 Å². The van der Waals surface area contributed by atoms with E-state index in [4.69, 9.17) is 11.5 Å². The van der Waals surface area contributed by atoms with Gasteiger partial charge in [0.2, 0.25) is 6.41 Å². The number of aryl methyl sites for hydroxylation is 1. The van der Waals surface area contributed by atoms with Crippen LogP contribution in [0.5, 0.6) is 0 Å². The van der Waals surface area contributed by atoms with Gasteiger partial charge in [-0.3, -0.25) is 14.6 Å². The van der Waals surface area contributed by atoms with Crippen LogP contribution in [0, 0.1) is 6.92 Å². The molecule has 2 aromatic carbocycles. The molecule has 1 heterocycles. The van der Waals surface area contributed by atoms with Crippen molar-refractivity contribution in [2.75, 3.05) is 5.73 Å². The smallest absolute Gasteiger partial charge is 0.278 e. The summed E-state index contributed by atoms with van der Waals surface area (Å²) in [5.41, 5.74) is 14.9. The summed E-state index contributed by atoms with van der Waals surface area (Å²) >= 11 is 0. The number of aliphatic imine (C=N–C) groups is 1. The first kappa shape index (κ1) is 24.7. The van der Waals surface area contributed by atoms with E-state index in [9.17, 15) is 9.59 Å². The number of aromatic nitrogens is 2. The molecule has 9 heteroatoms. The zero-order valence-corrected chi connectivity index (χ0v) is 18.3. The first-order chi connectivity index (χ1) is 16.0. The van der Waals surface area contributed by atoms with Crippen LogP contribution in [0.2, 0.25) is 0 Å². The Labute approximate surface area is 192 Å². The van der Waals surface area contributed by atoms with Gasteiger partial charge >= 0.3 is 0 Å². The fourth-order valence-corrected chi connectivity index (χ4v) is 2.65. The zero-order chi connectivity index (χ0) is 23.9. The quantitative estimate of drug-likeness (QED) is 0.308. The van der Waals surface area contributed by atoms with Crippen LogP contribution in [0.1, 0.15) is 27.2 Å². The monoisotopic (exact) mass is 445 g/mol. The van der Waals surface area contributed by atoms with Gasteiger partial charge in [-0.25, -0.2) is 9.97 Å². The molecule has 0 spiro atoms. The minimum Gasteiger partial charge on any atom is -0.403 e. The summed E-state index contributed by atoms with van der Waals surface area (Å²) in [6.07, 6.45) is 6.25. The van der Waals surface area contributed by atoms with Crippen LogP contribution in [0.15, 0.2) is 83.9 Å². The normalized spacial score (nSPS) is 10.8. The number of allylic oxidation sites excluding steroid dienone is 1. The maximum Gasteiger partial charge on any atom is 0.278 e. The van der Waals surface area contributed by atoms with Gasteiger partial charge < -0.3 is 22.1 Å². The second-order valence-corrected chi connectivity index (χ2v) is 6.81. The van der Waals surface area contributed by atoms with Crippen molar-refractivity contribution in [3.63, 3.8) is 0 Å². The molecular weight excluding hydrogens is 418 g/mol. The standard InChI is InChI=1S/C16H18N6O.C8H9NO/c1-11-3-2-4-12(7-11)9-19-10-13(8-17)22-16(23)14-15(18)21-6-5-20-14;10-7-9-6-8-4-2-1-3-5-8/h2-8,10H,9,17H2,1H3,(H2,18,21)(H,22,23);1-5,7H,6H2,(H,9,10)/b13-8+,19-10?;. The van der Waals surface area contributed by atoms with Crippen molar-refractivity contribution in [1.29, 1.82) is 0 Å². The van der Waals surface area contributed by atoms with E-state index < -0.39 is 5.91 Å². The molecule has 0 fully saturated rings. The van der Waals surface area contributed by atoms with Crippen LogP contribution in [0.3, 0.4) is 0 Å². The molecular formula is C24H27N7O2. The van der Waals surface area contributed by atoms with Crippen LogP contribution in [0.4, 0.5) is 5.82 Å². The van der Waals surface area contributed by atoms with Gasteiger partial charge in [0.05, 0.1) is 12.2 Å². The second kappa shape index (κ2) is 13.7. The number of nitrogen functional groups attached to an aromatic ring is 1. The van der Waals surface area contributed by atoms with E-state index in [1.807, 2.05) is 61.5 Å². The maximum absolute atomic E-state index is 12.1. The molecule has 0 bridgehead atoms. The predicted molar refractivity (Wildman–Crippen MR) is 129 cm³/mol. The predicted octanol–water partition coefficient (Wildman–Crippen LogP) is 2.10. The highest BCUT2D eigenvalue weighted by molar-refractivity contribution is 6.00. The van der Waals surface area contributed by atoms with Crippen molar-refractivity contribution in [2.24, 2.45) is 10.7 Å².